The van der Waals surface area contributed by atoms with Crippen LogP contribution in [0.5, 0.6) is 0 Å². The highest BCUT2D eigenvalue weighted by molar-refractivity contribution is 9.10. The Hall–Kier alpha value is -0.390. The van der Waals surface area contributed by atoms with Gasteiger partial charge in [0, 0.05) is 19.6 Å². The van der Waals surface area contributed by atoms with Crippen molar-refractivity contribution >= 4 is 15.9 Å². The lowest BCUT2D eigenvalue weighted by Gasteiger charge is -2.24. The van der Waals surface area contributed by atoms with E-state index in [2.05, 4.69) is 32.9 Å². The highest BCUT2D eigenvalue weighted by Gasteiger charge is 2.40. The first-order valence-electron chi connectivity index (χ1n) is 5.69. The maximum absolute atomic E-state index is 10.7. The minimum Gasteiger partial charge on any atom is -0.382 e. The van der Waals surface area contributed by atoms with Gasteiger partial charge in [-0.25, -0.2) is 0 Å². The molecule has 1 unspecified atom stereocenters. The molecule has 4 nitrogen and oxygen atoms in total. The Morgan fingerprint density at radius 1 is 1.62 bits per heavy atom. The molecule has 0 aromatic carbocycles. The summed E-state index contributed by atoms with van der Waals surface area (Å²) < 4.78 is 2.84. The van der Waals surface area contributed by atoms with Crippen LogP contribution < -0.4 is 0 Å². The second kappa shape index (κ2) is 4.47. The molecule has 0 saturated carbocycles. The summed E-state index contributed by atoms with van der Waals surface area (Å²) in [4.78, 5) is 2.15. The highest BCUT2D eigenvalue weighted by atomic mass is 79.9. The van der Waals surface area contributed by atoms with E-state index < -0.39 is 5.60 Å². The third-order valence-electron chi connectivity index (χ3n) is 3.11. The summed E-state index contributed by atoms with van der Waals surface area (Å²) in [5, 5.41) is 15.0. The van der Waals surface area contributed by atoms with Crippen molar-refractivity contribution in [2.24, 2.45) is 0 Å². The molecule has 0 aliphatic carbocycles. The fourth-order valence-corrected chi connectivity index (χ4v) is 3.05. The number of aliphatic hydroxyl groups is 1. The summed E-state index contributed by atoms with van der Waals surface area (Å²) in [5.74, 6) is 0. The van der Waals surface area contributed by atoms with E-state index >= 15 is 0 Å². The number of aromatic nitrogens is 2. The molecule has 2 heterocycles. The van der Waals surface area contributed by atoms with Crippen molar-refractivity contribution in [1.29, 1.82) is 0 Å². The predicted molar refractivity (Wildman–Crippen MR) is 66.2 cm³/mol. The number of likely N-dealkylation sites (tertiary alicyclic amines) is 1. The summed E-state index contributed by atoms with van der Waals surface area (Å²) in [6.45, 7) is 4.58. The molecule has 0 amide bonds. The smallest absolute Gasteiger partial charge is 0.121 e. The summed E-state index contributed by atoms with van der Waals surface area (Å²) in [6.07, 6.45) is 3.58. The van der Waals surface area contributed by atoms with Crippen LogP contribution >= 0.6 is 15.9 Å². The maximum atomic E-state index is 10.7. The fraction of sp³-hybridized carbons (Fsp3) is 0.727. The fourth-order valence-electron chi connectivity index (χ4n) is 2.38. The van der Waals surface area contributed by atoms with Crippen molar-refractivity contribution in [3.63, 3.8) is 0 Å². The molecule has 1 fully saturated rings. The molecule has 1 N–H and O–H groups in total. The van der Waals surface area contributed by atoms with Crippen molar-refractivity contribution in [2.75, 3.05) is 20.1 Å². The topological polar surface area (TPSA) is 41.3 Å². The van der Waals surface area contributed by atoms with Gasteiger partial charge in [-0.2, -0.15) is 5.10 Å². The minimum atomic E-state index is -0.751. The molecule has 2 rings (SSSR count). The molecule has 1 atom stereocenters. The van der Waals surface area contributed by atoms with Crippen molar-refractivity contribution in [2.45, 2.75) is 31.9 Å². The summed E-state index contributed by atoms with van der Waals surface area (Å²) >= 11 is 3.49. The highest BCUT2D eigenvalue weighted by Crippen LogP contribution is 2.35. The molecular weight excluding hydrogens is 270 g/mol. The Kier molecular flexibility index (Phi) is 3.37. The van der Waals surface area contributed by atoms with Gasteiger partial charge in [0.1, 0.15) is 5.60 Å². The molecule has 0 bridgehead atoms. The van der Waals surface area contributed by atoms with E-state index in [4.69, 9.17) is 0 Å². The Bertz CT molecular complexity index is 379. The van der Waals surface area contributed by atoms with Crippen LogP contribution in [0, 0.1) is 0 Å². The van der Waals surface area contributed by atoms with E-state index in [0.717, 1.165) is 36.1 Å². The standard InChI is InChI=1S/C11H18BrN3O/c1-3-5-15-10(9(12)7-13-15)11(16)4-6-14(2)8-11/h7,16H,3-6,8H2,1-2H3. The van der Waals surface area contributed by atoms with Crippen molar-refractivity contribution in [3.8, 4) is 0 Å². The zero-order valence-electron chi connectivity index (χ0n) is 9.78. The Labute approximate surface area is 104 Å². The average molecular weight is 288 g/mol. The first-order valence-corrected chi connectivity index (χ1v) is 6.49. The molecule has 0 spiro atoms. The molecule has 16 heavy (non-hydrogen) atoms. The second-order valence-corrected chi connectivity index (χ2v) is 5.44. The molecule has 90 valence electrons. The predicted octanol–water partition coefficient (Wildman–Crippen LogP) is 1.58. The van der Waals surface area contributed by atoms with Crippen LogP contribution in [0.25, 0.3) is 0 Å². The SMILES string of the molecule is CCCn1ncc(Br)c1C1(O)CCN(C)C1. The van der Waals surface area contributed by atoms with Gasteiger partial charge in [0.05, 0.1) is 16.4 Å². The zero-order valence-corrected chi connectivity index (χ0v) is 11.4. The number of likely N-dealkylation sites (N-methyl/N-ethyl adjacent to an activating group) is 1. The van der Waals surface area contributed by atoms with Crippen LogP contribution in [0.15, 0.2) is 10.7 Å². The number of hydrogen-bond donors (Lipinski definition) is 1. The van der Waals surface area contributed by atoms with Gasteiger partial charge >= 0.3 is 0 Å². The van der Waals surface area contributed by atoms with Crippen LogP contribution in [-0.2, 0) is 12.1 Å². The van der Waals surface area contributed by atoms with E-state index in [0.29, 0.717) is 6.54 Å². The van der Waals surface area contributed by atoms with Gasteiger partial charge in [-0.1, -0.05) is 6.92 Å². The number of β-amino-alcohol motifs (C(OH)–C–C–N with tert-alkyl or cyclic N) is 1. The van der Waals surface area contributed by atoms with E-state index in [9.17, 15) is 5.11 Å². The lowest BCUT2D eigenvalue weighted by Crippen LogP contribution is -2.32. The van der Waals surface area contributed by atoms with Gasteiger partial charge in [0.2, 0.25) is 0 Å². The monoisotopic (exact) mass is 287 g/mol. The van der Waals surface area contributed by atoms with E-state index in [1.807, 2.05) is 11.7 Å². The van der Waals surface area contributed by atoms with Gasteiger partial charge < -0.3 is 10.0 Å². The molecule has 0 radical (unpaired) electrons. The lowest BCUT2D eigenvalue weighted by atomic mass is 9.99. The average Bonchev–Trinajstić information content (AvgIpc) is 2.73. The number of halogens is 1. The third-order valence-corrected chi connectivity index (χ3v) is 3.69. The van der Waals surface area contributed by atoms with Gasteiger partial charge in [-0.05, 0) is 35.8 Å². The van der Waals surface area contributed by atoms with Gasteiger partial charge in [-0.15, -0.1) is 0 Å². The number of rotatable bonds is 3. The van der Waals surface area contributed by atoms with Gasteiger partial charge in [0.25, 0.3) is 0 Å². The normalized spacial score (nSPS) is 26.5. The van der Waals surface area contributed by atoms with Crippen LogP contribution in [0.3, 0.4) is 0 Å². The van der Waals surface area contributed by atoms with E-state index in [1.54, 1.807) is 6.20 Å². The van der Waals surface area contributed by atoms with Gasteiger partial charge in [0.15, 0.2) is 0 Å². The summed E-state index contributed by atoms with van der Waals surface area (Å²) in [6, 6.07) is 0. The number of aryl methyl sites for hydroxylation is 1. The lowest BCUT2D eigenvalue weighted by molar-refractivity contribution is 0.0387. The van der Waals surface area contributed by atoms with E-state index in [-0.39, 0.29) is 0 Å². The quantitative estimate of drug-likeness (QED) is 0.918. The Balaban J connectivity index is 2.34. The Morgan fingerprint density at radius 3 is 2.94 bits per heavy atom. The largest absolute Gasteiger partial charge is 0.382 e. The van der Waals surface area contributed by atoms with Crippen molar-refractivity contribution < 1.29 is 5.11 Å². The van der Waals surface area contributed by atoms with Crippen LogP contribution in [0.4, 0.5) is 0 Å². The maximum Gasteiger partial charge on any atom is 0.121 e. The first kappa shape index (κ1) is 12.1. The number of hydrogen-bond acceptors (Lipinski definition) is 3. The second-order valence-electron chi connectivity index (χ2n) is 4.58. The minimum absolute atomic E-state index is 0.682. The first-order chi connectivity index (χ1) is 7.57. The van der Waals surface area contributed by atoms with Crippen LogP contribution in [0.2, 0.25) is 0 Å². The van der Waals surface area contributed by atoms with E-state index in [1.165, 1.54) is 0 Å². The molecule has 1 aromatic rings. The van der Waals surface area contributed by atoms with Crippen LogP contribution in [0.1, 0.15) is 25.5 Å². The third kappa shape index (κ3) is 2.04. The zero-order chi connectivity index (χ0) is 11.8. The Morgan fingerprint density at radius 2 is 2.38 bits per heavy atom. The molecule has 1 aromatic heterocycles. The molecular formula is C11H18BrN3O. The molecule has 1 saturated heterocycles. The van der Waals surface area contributed by atoms with Crippen LogP contribution in [-0.4, -0.2) is 39.9 Å². The number of nitrogens with zero attached hydrogens (tertiary/aromatic N) is 3. The van der Waals surface area contributed by atoms with Crippen molar-refractivity contribution in [1.82, 2.24) is 14.7 Å². The summed E-state index contributed by atoms with van der Waals surface area (Å²) in [7, 11) is 2.03. The van der Waals surface area contributed by atoms with Crippen molar-refractivity contribution in [3.05, 3.63) is 16.4 Å². The van der Waals surface area contributed by atoms with Gasteiger partial charge in [-0.3, -0.25) is 4.68 Å². The summed E-state index contributed by atoms with van der Waals surface area (Å²) in [5.41, 5.74) is 0.179. The molecule has 1 aliphatic rings. The molecule has 1 aliphatic heterocycles. The molecule has 5 heteroatoms.